The van der Waals surface area contributed by atoms with Crippen LogP contribution in [0, 0.1) is 23.6 Å². The van der Waals surface area contributed by atoms with E-state index in [0.29, 0.717) is 11.8 Å². The minimum atomic E-state index is -0.590. The van der Waals surface area contributed by atoms with Crippen molar-refractivity contribution < 1.29 is 23.5 Å². The fourth-order valence-corrected chi connectivity index (χ4v) is 4.70. The number of ether oxygens (including phenoxy) is 2. The number of allylic oxidation sites excluding steroid dienone is 1. The SMILES string of the molecule is CC=CC(=O)O[C@H]1CC[C@H]([C@H]2CC[C@H](C(=O)Oc3ccc(Cl)c(F)c3)CC2)CC1. The summed E-state index contributed by atoms with van der Waals surface area (Å²) < 4.78 is 24.3. The van der Waals surface area contributed by atoms with E-state index in [4.69, 9.17) is 21.1 Å². The number of hydrogen-bond acceptors (Lipinski definition) is 4. The Morgan fingerprint density at radius 1 is 1.03 bits per heavy atom. The molecule has 6 heteroatoms. The van der Waals surface area contributed by atoms with Crippen LogP contribution in [0.25, 0.3) is 0 Å². The zero-order chi connectivity index (χ0) is 20.8. The molecule has 0 aliphatic heterocycles. The summed E-state index contributed by atoms with van der Waals surface area (Å²) in [6, 6.07) is 4.05. The first-order valence-electron chi connectivity index (χ1n) is 10.5. The number of halogens is 2. The number of rotatable bonds is 5. The van der Waals surface area contributed by atoms with Crippen molar-refractivity contribution >= 4 is 23.5 Å². The highest BCUT2D eigenvalue weighted by molar-refractivity contribution is 6.30. The van der Waals surface area contributed by atoms with Gasteiger partial charge in [-0.05, 0) is 82.3 Å². The largest absolute Gasteiger partial charge is 0.459 e. The highest BCUT2D eigenvalue weighted by Gasteiger charge is 2.34. The lowest BCUT2D eigenvalue weighted by molar-refractivity contribution is -0.145. The van der Waals surface area contributed by atoms with Gasteiger partial charge in [0.15, 0.2) is 0 Å². The molecule has 0 saturated heterocycles. The average Bonchev–Trinajstić information content (AvgIpc) is 2.71. The van der Waals surface area contributed by atoms with Crippen LogP contribution in [0.5, 0.6) is 5.75 Å². The van der Waals surface area contributed by atoms with Gasteiger partial charge >= 0.3 is 11.9 Å². The summed E-state index contributed by atoms with van der Waals surface area (Å²) >= 11 is 5.66. The Balaban J connectivity index is 1.42. The van der Waals surface area contributed by atoms with E-state index in [1.807, 2.05) is 0 Å². The molecule has 1 aromatic rings. The molecule has 0 bridgehead atoms. The molecule has 0 amide bonds. The van der Waals surface area contributed by atoms with Gasteiger partial charge in [0.1, 0.15) is 17.7 Å². The fourth-order valence-electron chi connectivity index (χ4n) is 4.58. The van der Waals surface area contributed by atoms with Crippen molar-refractivity contribution in [1.29, 1.82) is 0 Å². The lowest BCUT2D eigenvalue weighted by Crippen LogP contribution is -2.31. The third kappa shape index (κ3) is 6.05. The normalized spacial score (nSPS) is 27.6. The minimum Gasteiger partial charge on any atom is -0.459 e. The Morgan fingerprint density at radius 3 is 2.24 bits per heavy atom. The molecule has 2 aliphatic rings. The van der Waals surface area contributed by atoms with Crippen LogP contribution in [0.15, 0.2) is 30.4 Å². The smallest absolute Gasteiger partial charge is 0.330 e. The van der Waals surface area contributed by atoms with Gasteiger partial charge < -0.3 is 9.47 Å². The van der Waals surface area contributed by atoms with Gasteiger partial charge in [-0.1, -0.05) is 17.7 Å². The maximum Gasteiger partial charge on any atom is 0.330 e. The van der Waals surface area contributed by atoms with E-state index in [0.717, 1.165) is 57.4 Å². The molecule has 1 aromatic carbocycles. The quantitative estimate of drug-likeness (QED) is 0.338. The van der Waals surface area contributed by atoms with Crippen LogP contribution in [0.4, 0.5) is 4.39 Å². The summed E-state index contributed by atoms with van der Waals surface area (Å²) in [7, 11) is 0. The third-order valence-electron chi connectivity index (χ3n) is 6.19. The molecular weight excluding hydrogens is 395 g/mol. The molecule has 4 nitrogen and oxygen atoms in total. The van der Waals surface area contributed by atoms with Gasteiger partial charge in [-0.2, -0.15) is 0 Å². The topological polar surface area (TPSA) is 52.6 Å². The molecule has 0 unspecified atom stereocenters. The molecule has 0 spiro atoms. The molecule has 2 saturated carbocycles. The molecule has 0 heterocycles. The molecule has 0 aromatic heterocycles. The molecule has 0 radical (unpaired) electrons. The highest BCUT2D eigenvalue weighted by Crippen LogP contribution is 2.41. The number of hydrogen-bond donors (Lipinski definition) is 0. The van der Waals surface area contributed by atoms with Crippen LogP contribution in [0.3, 0.4) is 0 Å². The number of carbonyl (C=O) groups excluding carboxylic acids is 2. The zero-order valence-corrected chi connectivity index (χ0v) is 17.5. The van der Waals surface area contributed by atoms with E-state index in [1.165, 1.54) is 18.2 Å². The van der Waals surface area contributed by atoms with Gasteiger partial charge in [-0.25, -0.2) is 9.18 Å². The summed E-state index contributed by atoms with van der Waals surface area (Å²) in [5.41, 5.74) is 0. The predicted octanol–water partition coefficient (Wildman–Crippen LogP) is 5.87. The summed E-state index contributed by atoms with van der Waals surface area (Å²) in [6.07, 6.45) is 10.8. The fraction of sp³-hybridized carbons (Fsp3) is 0.565. The molecular formula is C23H28ClFO4. The van der Waals surface area contributed by atoms with Crippen molar-refractivity contribution in [3.05, 3.63) is 41.2 Å². The van der Waals surface area contributed by atoms with E-state index in [-0.39, 0.29) is 34.7 Å². The van der Waals surface area contributed by atoms with E-state index in [1.54, 1.807) is 13.0 Å². The molecule has 2 fully saturated rings. The Morgan fingerprint density at radius 2 is 1.66 bits per heavy atom. The maximum absolute atomic E-state index is 13.5. The average molecular weight is 423 g/mol. The molecule has 29 heavy (non-hydrogen) atoms. The van der Waals surface area contributed by atoms with E-state index in [2.05, 4.69) is 0 Å². The van der Waals surface area contributed by atoms with Crippen LogP contribution in [-0.2, 0) is 14.3 Å². The third-order valence-corrected chi connectivity index (χ3v) is 6.49. The first kappa shape index (κ1) is 21.8. The van der Waals surface area contributed by atoms with Crippen molar-refractivity contribution in [1.82, 2.24) is 0 Å². The zero-order valence-electron chi connectivity index (χ0n) is 16.7. The van der Waals surface area contributed by atoms with Gasteiger partial charge in [0, 0.05) is 12.1 Å². The summed E-state index contributed by atoms with van der Waals surface area (Å²) in [4.78, 5) is 24.0. The molecule has 2 aliphatic carbocycles. The second-order valence-corrected chi connectivity index (χ2v) is 8.49. The standard InChI is InChI=1S/C23H28ClFO4/c1-2-3-22(26)28-18-10-8-16(9-11-18)15-4-6-17(7-5-15)23(27)29-19-12-13-20(24)21(25)14-19/h2-3,12-18H,4-11H2,1H3/t15-,16-,17-,18-. The lowest BCUT2D eigenvalue weighted by atomic mass is 9.70. The van der Waals surface area contributed by atoms with Crippen LogP contribution < -0.4 is 4.74 Å². The van der Waals surface area contributed by atoms with Crippen molar-refractivity contribution in [3.63, 3.8) is 0 Å². The van der Waals surface area contributed by atoms with Crippen LogP contribution in [-0.4, -0.2) is 18.0 Å². The Bertz CT molecular complexity index is 747. The second-order valence-electron chi connectivity index (χ2n) is 8.08. The Labute approximate surface area is 176 Å². The Kier molecular flexibility index (Phi) is 7.70. The van der Waals surface area contributed by atoms with Gasteiger partial charge in [-0.3, -0.25) is 4.79 Å². The van der Waals surface area contributed by atoms with Crippen molar-refractivity contribution in [2.75, 3.05) is 0 Å². The highest BCUT2D eigenvalue weighted by atomic mass is 35.5. The van der Waals surface area contributed by atoms with E-state index < -0.39 is 5.82 Å². The first-order valence-corrected chi connectivity index (χ1v) is 10.8. The van der Waals surface area contributed by atoms with E-state index in [9.17, 15) is 14.0 Å². The van der Waals surface area contributed by atoms with Gasteiger partial charge in [-0.15, -0.1) is 0 Å². The van der Waals surface area contributed by atoms with Crippen molar-refractivity contribution in [2.45, 2.75) is 64.4 Å². The number of esters is 2. The summed E-state index contributed by atoms with van der Waals surface area (Å²) in [5.74, 6) is 0.175. The minimum absolute atomic E-state index is 0.0108. The number of carbonyl (C=O) groups is 2. The van der Waals surface area contributed by atoms with Crippen LogP contribution in [0.1, 0.15) is 58.3 Å². The van der Waals surface area contributed by atoms with Crippen molar-refractivity contribution in [3.8, 4) is 5.75 Å². The molecule has 3 rings (SSSR count). The first-order chi connectivity index (χ1) is 14.0. The van der Waals surface area contributed by atoms with Crippen LogP contribution >= 0.6 is 11.6 Å². The maximum atomic E-state index is 13.5. The Hall–Kier alpha value is -1.88. The van der Waals surface area contributed by atoms with Crippen molar-refractivity contribution in [2.24, 2.45) is 17.8 Å². The van der Waals surface area contributed by atoms with Crippen LogP contribution in [0.2, 0.25) is 5.02 Å². The predicted molar refractivity (Wildman–Crippen MR) is 109 cm³/mol. The monoisotopic (exact) mass is 422 g/mol. The van der Waals surface area contributed by atoms with Gasteiger partial charge in [0.2, 0.25) is 0 Å². The summed E-state index contributed by atoms with van der Waals surface area (Å²) in [5, 5.41) is 0.0108. The molecule has 158 valence electrons. The lowest BCUT2D eigenvalue weighted by Gasteiger charge is -2.37. The molecule has 0 atom stereocenters. The molecule has 0 N–H and O–H groups in total. The van der Waals surface area contributed by atoms with Gasteiger partial charge in [0.25, 0.3) is 0 Å². The number of benzene rings is 1. The van der Waals surface area contributed by atoms with Gasteiger partial charge in [0.05, 0.1) is 10.9 Å². The summed E-state index contributed by atoms with van der Waals surface area (Å²) in [6.45, 7) is 1.80. The van der Waals surface area contributed by atoms with E-state index >= 15 is 0 Å². The second kappa shape index (κ2) is 10.2.